The molecular formula is C20H15N5. The fourth-order valence-electron chi connectivity index (χ4n) is 2.99. The minimum Gasteiger partial charge on any atom is -0.350 e. The maximum Gasteiger partial charge on any atom is 0.163 e. The topological polar surface area (TPSA) is 70.3 Å². The number of benzene rings is 2. The lowest BCUT2D eigenvalue weighted by atomic mass is 10.1. The van der Waals surface area contributed by atoms with Crippen molar-refractivity contribution in [2.75, 3.05) is 0 Å². The van der Waals surface area contributed by atoms with Crippen molar-refractivity contribution >= 4 is 23.1 Å². The van der Waals surface area contributed by atoms with Gasteiger partial charge in [-0.3, -0.25) is 0 Å². The molecule has 0 radical (unpaired) electrons. The predicted octanol–water partition coefficient (Wildman–Crippen LogP) is 4.01. The Bertz CT molecular complexity index is 1120. The third-order valence-electron chi connectivity index (χ3n) is 4.20. The Morgan fingerprint density at radius 2 is 2.00 bits per heavy atom. The van der Waals surface area contributed by atoms with Crippen LogP contribution in [0, 0.1) is 11.3 Å². The van der Waals surface area contributed by atoms with Crippen molar-refractivity contribution in [2.45, 2.75) is 0 Å². The van der Waals surface area contributed by atoms with Crippen LogP contribution in [0.5, 0.6) is 0 Å². The highest BCUT2D eigenvalue weighted by atomic mass is 15.3. The van der Waals surface area contributed by atoms with E-state index in [1.165, 1.54) is 16.5 Å². The second-order valence-corrected chi connectivity index (χ2v) is 5.82. The van der Waals surface area contributed by atoms with E-state index in [9.17, 15) is 0 Å². The summed E-state index contributed by atoms with van der Waals surface area (Å²) in [6, 6.07) is 18.3. The molecule has 25 heavy (non-hydrogen) atoms. The number of aryl methyl sites for hydroxylation is 1. The van der Waals surface area contributed by atoms with Gasteiger partial charge in [0.05, 0.1) is 0 Å². The fourth-order valence-corrected chi connectivity index (χ4v) is 2.99. The zero-order valence-electron chi connectivity index (χ0n) is 13.6. The summed E-state index contributed by atoms with van der Waals surface area (Å²) in [5.74, 6) is 0. The standard InChI is InChI=1S/C20H15N5/c1-25-13-16(17-7-2-3-8-19(17)25)10-9-14-5-4-6-15(11-14)20-18(12-21)22-24-23-20/h2-11,13H,1H3,(H,22,23,24)/b10-9+. The van der Waals surface area contributed by atoms with Crippen LogP contribution in [-0.2, 0) is 7.05 Å². The van der Waals surface area contributed by atoms with Gasteiger partial charge in [-0.2, -0.15) is 5.26 Å². The minimum absolute atomic E-state index is 0.371. The first-order valence-electron chi connectivity index (χ1n) is 7.90. The molecule has 0 fully saturated rings. The van der Waals surface area contributed by atoms with Gasteiger partial charge < -0.3 is 4.57 Å². The Morgan fingerprint density at radius 3 is 2.88 bits per heavy atom. The molecule has 0 aliphatic rings. The lowest BCUT2D eigenvalue weighted by Gasteiger charge is -1.99. The fraction of sp³-hybridized carbons (Fsp3) is 0.0500. The molecule has 2 aromatic carbocycles. The molecule has 2 aromatic heterocycles. The summed E-state index contributed by atoms with van der Waals surface area (Å²) in [4.78, 5) is 0. The maximum atomic E-state index is 9.12. The second kappa shape index (κ2) is 6.10. The molecule has 0 amide bonds. The Hall–Kier alpha value is -3.65. The summed E-state index contributed by atoms with van der Waals surface area (Å²) in [7, 11) is 2.05. The van der Waals surface area contributed by atoms with E-state index in [0.717, 1.165) is 11.1 Å². The largest absolute Gasteiger partial charge is 0.350 e. The molecule has 4 aromatic rings. The van der Waals surface area contributed by atoms with Crippen molar-refractivity contribution in [3.05, 3.63) is 71.5 Å². The molecule has 0 aliphatic heterocycles. The van der Waals surface area contributed by atoms with Gasteiger partial charge in [0.2, 0.25) is 0 Å². The van der Waals surface area contributed by atoms with Crippen LogP contribution in [0.4, 0.5) is 0 Å². The molecule has 0 saturated carbocycles. The van der Waals surface area contributed by atoms with Crippen molar-refractivity contribution in [2.24, 2.45) is 7.05 Å². The Kier molecular flexibility index (Phi) is 3.64. The summed E-state index contributed by atoms with van der Waals surface area (Å²) >= 11 is 0. The van der Waals surface area contributed by atoms with Crippen molar-refractivity contribution in [1.82, 2.24) is 20.0 Å². The monoisotopic (exact) mass is 325 g/mol. The smallest absolute Gasteiger partial charge is 0.163 e. The van der Waals surface area contributed by atoms with Crippen LogP contribution in [0.2, 0.25) is 0 Å². The molecule has 0 spiro atoms. The summed E-state index contributed by atoms with van der Waals surface area (Å²) < 4.78 is 2.13. The third kappa shape index (κ3) is 2.70. The van der Waals surface area contributed by atoms with Crippen LogP contribution in [0.25, 0.3) is 34.3 Å². The van der Waals surface area contributed by atoms with E-state index in [4.69, 9.17) is 5.26 Å². The number of para-hydroxylation sites is 1. The SMILES string of the molecule is Cn1cc(/C=C/c2cccc(-c3nn[nH]c3C#N)c2)c2ccccc21. The lowest BCUT2D eigenvalue weighted by Crippen LogP contribution is -1.83. The van der Waals surface area contributed by atoms with E-state index < -0.39 is 0 Å². The quantitative estimate of drug-likeness (QED) is 0.619. The van der Waals surface area contributed by atoms with Gasteiger partial charge in [-0.25, -0.2) is 5.10 Å². The van der Waals surface area contributed by atoms with Crippen LogP contribution in [-0.4, -0.2) is 20.0 Å². The summed E-state index contributed by atoms with van der Waals surface area (Å²) in [5, 5.41) is 20.7. The molecule has 2 heterocycles. The van der Waals surface area contributed by atoms with Crippen molar-refractivity contribution in [3.8, 4) is 17.3 Å². The number of H-pyrrole nitrogens is 1. The number of aromatic nitrogens is 4. The van der Waals surface area contributed by atoms with Gasteiger partial charge in [-0.15, -0.1) is 5.10 Å². The molecule has 5 heteroatoms. The number of nitrogens with zero attached hydrogens (tertiary/aromatic N) is 4. The van der Waals surface area contributed by atoms with Crippen molar-refractivity contribution < 1.29 is 0 Å². The number of rotatable bonds is 3. The molecule has 1 N–H and O–H groups in total. The number of aromatic amines is 1. The Morgan fingerprint density at radius 1 is 1.12 bits per heavy atom. The minimum atomic E-state index is 0.371. The summed E-state index contributed by atoms with van der Waals surface area (Å²) in [6.07, 6.45) is 6.29. The van der Waals surface area contributed by atoms with E-state index in [2.05, 4.69) is 56.5 Å². The highest BCUT2D eigenvalue weighted by Crippen LogP contribution is 2.24. The number of hydrogen-bond acceptors (Lipinski definition) is 3. The van der Waals surface area contributed by atoms with E-state index in [1.807, 2.05) is 43.4 Å². The summed E-state index contributed by atoms with van der Waals surface area (Å²) in [5.41, 5.74) is 5.22. The second-order valence-electron chi connectivity index (χ2n) is 5.82. The molecule has 0 aliphatic carbocycles. The van der Waals surface area contributed by atoms with Crippen molar-refractivity contribution in [3.63, 3.8) is 0 Å². The van der Waals surface area contributed by atoms with Gasteiger partial charge in [0.15, 0.2) is 5.69 Å². The molecule has 4 rings (SSSR count). The van der Waals surface area contributed by atoms with Crippen LogP contribution >= 0.6 is 0 Å². The first-order chi connectivity index (χ1) is 12.3. The zero-order chi connectivity index (χ0) is 17.2. The highest BCUT2D eigenvalue weighted by Gasteiger charge is 2.09. The first-order valence-corrected chi connectivity index (χ1v) is 7.90. The van der Waals surface area contributed by atoms with Gasteiger partial charge >= 0.3 is 0 Å². The van der Waals surface area contributed by atoms with Crippen LogP contribution in [0.15, 0.2) is 54.7 Å². The molecule has 0 atom stereocenters. The van der Waals surface area contributed by atoms with Gasteiger partial charge in [0, 0.05) is 29.7 Å². The molecule has 0 bridgehead atoms. The molecule has 0 saturated heterocycles. The molecular weight excluding hydrogens is 310 g/mol. The van der Waals surface area contributed by atoms with Gasteiger partial charge in [0.1, 0.15) is 11.8 Å². The van der Waals surface area contributed by atoms with Crippen LogP contribution in [0.1, 0.15) is 16.8 Å². The van der Waals surface area contributed by atoms with Crippen LogP contribution < -0.4 is 0 Å². The third-order valence-corrected chi connectivity index (χ3v) is 4.20. The van der Waals surface area contributed by atoms with Gasteiger partial charge in [-0.1, -0.05) is 53.8 Å². The predicted molar refractivity (Wildman–Crippen MR) is 98.4 cm³/mol. The van der Waals surface area contributed by atoms with Gasteiger partial charge in [0.25, 0.3) is 0 Å². The van der Waals surface area contributed by atoms with Crippen molar-refractivity contribution in [1.29, 1.82) is 5.26 Å². The number of fused-ring (bicyclic) bond motifs is 1. The van der Waals surface area contributed by atoms with Crippen LogP contribution in [0.3, 0.4) is 0 Å². The van der Waals surface area contributed by atoms with E-state index in [-0.39, 0.29) is 0 Å². The average Bonchev–Trinajstić information content (AvgIpc) is 3.25. The summed E-state index contributed by atoms with van der Waals surface area (Å²) in [6.45, 7) is 0. The zero-order valence-corrected chi connectivity index (χ0v) is 13.6. The highest BCUT2D eigenvalue weighted by molar-refractivity contribution is 5.92. The van der Waals surface area contributed by atoms with E-state index in [1.54, 1.807) is 0 Å². The number of nitriles is 1. The van der Waals surface area contributed by atoms with E-state index >= 15 is 0 Å². The van der Waals surface area contributed by atoms with Gasteiger partial charge in [-0.05, 0) is 23.3 Å². The normalized spacial score (nSPS) is 11.2. The molecule has 120 valence electrons. The molecule has 0 unspecified atom stereocenters. The lowest BCUT2D eigenvalue weighted by molar-refractivity contribution is 0.937. The number of hydrogen-bond donors (Lipinski definition) is 1. The Labute approximate surface area is 144 Å². The first kappa shape index (κ1) is 14.9. The molecule has 5 nitrogen and oxygen atoms in total. The average molecular weight is 325 g/mol. The van der Waals surface area contributed by atoms with E-state index in [0.29, 0.717) is 11.4 Å². The number of nitrogens with one attached hydrogen (secondary N) is 1. The maximum absolute atomic E-state index is 9.12. The Balaban J connectivity index is 1.70.